The summed E-state index contributed by atoms with van der Waals surface area (Å²) in [6.07, 6.45) is 7.20. The molecule has 0 aliphatic rings. The van der Waals surface area contributed by atoms with Gasteiger partial charge in [-0.2, -0.15) is 0 Å². The second kappa shape index (κ2) is 4.43. The highest BCUT2D eigenvalue weighted by Crippen LogP contribution is 2.16. The van der Waals surface area contributed by atoms with E-state index in [4.69, 9.17) is 0 Å². The van der Waals surface area contributed by atoms with Gasteiger partial charge in [-0.3, -0.25) is 4.98 Å². The van der Waals surface area contributed by atoms with Crippen LogP contribution in [0.3, 0.4) is 0 Å². The second-order valence-corrected chi connectivity index (χ2v) is 3.74. The lowest BCUT2D eigenvalue weighted by atomic mass is 10.2. The molecule has 80 valence electrons. The van der Waals surface area contributed by atoms with Crippen LogP contribution >= 0.6 is 0 Å². The molecule has 2 aromatic rings. The summed E-state index contributed by atoms with van der Waals surface area (Å²) < 4.78 is 2.26. The molecule has 0 aliphatic carbocycles. The normalized spacial score (nSPS) is 11.1. The van der Waals surface area contributed by atoms with Gasteiger partial charge >= 0.3 is 0 Å². The van der Waals surface area contributed by atoms with Crippen LogP contribution in [-0.2, 0) is 13.0 Å². The Morgan fingerprint density at radius 2 is 2.20 bits per heavy atom. The van der Waals surface area contributed by atoms with Crippen LogP contribution in [0.5, 0.6) is 0 Å². The molecule has 0 saturated carbocycles. The van der Waals surface area contributed by atoms with Crippen molar-refractivity contribution in [1.29, 1.82) is 0 Å². The van der Waals surface area contributed by atoms with Crippen LogP contribution in [0, 0.1) is 0 Å². The van der Waals surface area contributed by atoms with Crippen molar-refractivity contribution >= 4 is 11.0 Å². The van der Waals surface area contributed by atoms with E-state index in [1.807, 2.05) is 12.3 Å². The van der Waals surface area contributed by atoms with Gasteiger partial charge in [-0.1, -0.05) is 13.3 Å². The summed E-state index contributed by atoms with van der Waals surface area (Å²) in [6, 6.07) is 1.98. The van der Waals surface area contributed by atoms with Crippen molar-refractivity contribution in [3.63, 3.8) is 0 Å². The van der Waals surface area contributed by atoms with Crippen LogP contribution in [0.4, 0.5) is 0 Å². The standard InChI is InChI=1S/C12H17N3/c1-3-5-6-12-14-10-7-8-13-9-11(10)15(12)4-2/h7-9H,3-6H2,1-2H3. The summed E-state index contributed by atoms with van der Waals surface area (Å²) in [5.41, 5.74) is 2.23. The Bertz CT molecular complexity index is 445. The second-order valence-electron chi connectivity index (χ2n) is 3.74. The molecule has 0 saturated heterocycles. The maximum absolute atomic E-state index is 4.64. The summed E-state index contributed by atoms with van der Waals surface area (Å²) in [7, 11) is 0. The zero-order chi connectivity index (χ0) is 10.7. The molecule has 0 atom stereocenters. The Morgan fingerprint density at radius 1 is 1.33 bits per heavy atom. The lowest BCUT2D eigenvalue weighted by molar-refractivity contribution is 0.675. The quantitative estimate of drug-likeness (QED) is 0.765. The van der Waals surface area contributed by atoms with Gasteiger partial charge in [-0.25, -0.2) is 4.98 Å². The summed E-state index contributed by atoms with van der Waals surface area (Å²) in [6.45, 7) is 5.34. The predicted molar refractivity (Wildman–Crippen MR) is 61.8 cm³/mol. The minimum atomic E-state index is 0.973. The average Bonchev–Trinajstić information content (AvgIpc) is 2.63. The van der Waals surface area contributed by atoms with Gasteiger partial charge in [-0.15, -0.1) is 0 Å². The van der Waals surface area contributed by atoms with Crippen molar-refractivity contribution in [2.75, 3.05) is 0 Å². The van der Waals surface area contributed by atoms with Gasteiger partial charge in [0, 0.05) is 19.2 Å². The monoisotopic (exact) mass is 203 g/mol. The molecule has 3 heteroatoms. The van der Waals surface area contributed by atoms with Gasteiger partial charge in [-0.05, 0) is 19.4 Å². The third-order valence-corrected chi connectivity index (χ3v) is 2.70. The number of rotatable bonds is 4. The lowest BCUT2D eigenvalue weighted by Gasteiger charge is -2.04. The predicted octanol–water partition coefficient (Wildman–Crippen LogP) is 2.79. The first-order valence-electron chi connectivity index (χ1n) is 5.66. The number of unbranched alkanes of at least 4 members (excludes halogenated alkanes) is 1. The Kier molecular flexibility index (Phi) is 2.99. The molecule has 0 spiro atoms. The summed E-state index contributed by atoms with van der Waals surface area (Å²) in [5.74, 6) is 1.20. The summed E-state index contributed by atoms with van der Waals surface area (Å²) in [4.78, 5) is 8.80. The number of fused-ring (bicyclic) bond motifs is 1. The molecule has 0 fully saturated rings. The fourth-order valence-electron chi connectivity index (χ4n) is 1.90. The van der Waals surface area contributed by atoms with Crippen LogP contribution in [0.2, 0.25) is 0 Å². The van der Waals surface area contributed by atoms with E-state index in [9.17, 15) is 0 Å². The molecule has 2 aromatic heterocycles. The molecule has 2 heterocycles. The maximum Gasteiger partial charge on any atom is 0.109 e. The van der Waals surface area contributed by atoms with Crippen LogP contribution in [-0.4, -0.2) is 14.5 Å². The number of hydrogen-bond donors (Lipinski definition) is 0. The number of pyridine rings is 1. The zero-order valence-electron chi connectivity index (χ0n) is 9.40. The van der Waals surface area contributed by atoms with E-state index in [1.165, 1.54) is 18.7 Å². The number of hydrogen-bond acceptors (Lipinski definition) is 2. The average molecular weight is 203 g/mol. The van der Waals surface area contributed by atoms with Crippen molar-refractivity contribution in [3.8, 4) is 0 Å². The van der Waals surface area contributed by atoms with Gasteiger partial charge in [0.15, 0.2) is 0 Å². The topological polar surface area (TPSA) is 30.7 Å². The number of aryl methyl sites for hydroxylation is 2. The van der Waals surface area contributed by atoms with E-state index >= 15 is 0 Å². The number of aromatic nitrogens is 3. The first-order valence-corrected chi connectivity index (χ1v) is 5.66. The SMILES string of the molecule is CCCCc1nc2ccncc2n1CC. The third-order valence-electron chi connectivity index (χ3n) is 2.70. The minimum Gasteiger partial charge on any atom is -0.327 e. The maximum atomic E-state index is 4.64. The molecule has 3 nitrogen and oxygen atoms in total. The molecule has 2 rings (SSSR count). The molecule has 0 amide bonds. The van der Waals surface area contributed by atoms with E-state index in [2.05, 4.69) is 28.4 Å². The van der Waals surface area contributed by atoms with Crippen molar-refractivity contribution < 1.29 is 0 Å². The van der Waals surface area contributed by atoms with Crippen molar-refractivity contribution in [2.24, 2.45) is 0 Å². The molecule has 0 radical (unpaired) electrons. The van der Waals surface area contributed by atoms with Crippen LogP contribution in [0.25, 0.3) is 11.0 Å². The highest BCUT2D eigenvalue weighted by molar-refractivity contribution is 5.74. The highest BCUT2D eigenvalue weighted by Gasteiger charge is 2.07. The third kappa shape index (κ3) is 1.87. The molecular formula is C12H17N3. The van der Waals surface area contributed by atoms with E-state index in [1.54, 1.807) is 6.20 Å². The van der Waals surface area contributed by atoms with E-state index in [0.717, 1.165) is 24.0 Å². The Balaban J connectivity index is 2.44. The first kappa shape index (κ1) is 10.1. The fourth-order valence-corrected chi connectivity index (χ4v) is 1.90. The van der Waals surface area contributed by atoms with Gasteiger partial charge in [0.1, 0.15) is 5.82 Å². The van der Waals surface area contributed by atoms with Crippen molar-refractivity contribution in [3.05, 3.63) is 24.3 Å². The minimum absolute atomic E-state index is 0.973. The van der Waals surface area contributed by atoms with Crippen LogP contribution in [0.15, 0.2) is 18.5 Å². The smallest absolute Gasteiger partial charge is 0.109 e. The molecule has 0 aliphatic heterocycles. The van der Waals surface area contributed by atoms with Gasteiger partial charge in [0.2, 0.25) is 0 Å². The molecule has 15 heavy (non-hydrogen) atoms. The number of imidazole rings is 1. The van der Waals surface area contributed by atoms with E-state index < -0.39 is 0 Å². The lowest BCUT2D eigenvalue weighted by Crippen LogP contribution is -2.01. The van der Waals surface area contributed by atoms with Gasteiger partial charge < -0.3 is 4.57 Å². The first-order chi connectivity index (χ1) is 7.36. The van der Waals surface area contributed by atoms with Crippen molar-refractivity contribution in [1.82, 2.24) is 14.5 Å². The van der Waals surface area contributed by atoms with Crippen LogP contribution < -0.4 is 0 Å². The van der Waals surface area contributed by atoms with Gasteiger partial charge in [0.25, 0.3) is 0 Å². The number of nitrogens with zero attached hydrogens (tertiary/aromatic N) is 3. The fraction of sp³-hybridized carbons (Fsp3) is 0.500. The van der Waals surface area contributed by atoms with Crippen molar-refractivity contribution in [2.45, 2.75) is 39.7 Å². The highest BCUT2D eigenvalue weighted by atomic mass is 15.1. The van der Waals surface area contributed by atoms with E-state index in [-0.39, 0.29) is 0 Å². The van der Waals surface area contributed by atoms with E-state index in [0.29, 0.717) is 0 Å². The Labute approximate surface area is 90.2 Å². The van der Waals surface area contributed by atoms with Crippen LogP contribution in [0.1, 0.15) is 32.5 Å². The summed E-state index contributed by atoms with van der Waals surface area (Å²) in [5, 5.41) is 0. The molecule has 0 unspecified atom stereocenters. The van der Waals surface area contributed by atoms with Gasteiger partial charge in [0.05, 0.1) is 17.2 Å². The molecule has 0 N–H and O–H groups in total. The molecule has 0 aromatic carbocycles. The zero-order valence-corrected chi connectivity index (χ0v) is 9.40. The molecule has 0 bridgehead atoms. The molecular weight excluding hydrogens is 186 g/mol. The Morgan fingerprint density at radius 3 is 2.93 bits per heavy atom. The largest absolute Gasteiger partial charge is 0.327 e. The Hall–Kier alpha value is -1.38. The summed E-state index contributed by atoms with van der Waals surface area (Å²) >= 11 is 0.